The first-order valence-corrected chi connectivity index (χ1v) is 12.4. The Morgan fingerprint density at radius 1 is 0.865 bits per heavy atom. The van der Waals surface area contributed by atoms with Crippen LogP contribution in [0.15, 0.2) is 30.3 Å². The minimum atomic E-state index is -1.30. The molecule has 0 bridgehead atoms. The molecule has 1 aromatic carbocycles. The van der Waals surface area contributed by atoms with Gasteiger partial charge in [-0.05, 0) is 52.5 Å². The summed E-state index contributed by atoms with van der Waals surface area (Å²) in [5.41, 5.74) is -1.32. The molecule has 0 saturated carbocycles. The smallest absolute Gasteiger partial charge is 0.408 e. The minimum absolute atomic E-state index is 0.0979. The first kappa shape index (κ1) is 31.9. The van der Waals surface area contributed by atoms with Crippen LogP contribution in [0, 0.1) is 5.92 Å². The molecule has 0 aromatic heterocycles. The summed E-state index contributed by atoms with van der Waals surface area (Å²) in [6.45, 7) is 11.9. The second-order valence-electron chi connectivity index (χ2n) is 11.2. The average molecular weight is 522 g/mol. The normalized spacial score (nSPS) is 14.2. The van der Waals surface area contributed by atoms with Crippen molar-refractivity contribution < 1.29 is 33.8 Å². The summed E-state index contributed by atoms with van der Waals surface area (Å²) in [6, 6.07) is 5.92. The van der Waals surface area contributed by atoms with Gasteiger partial charge < -0.3 is 30.5 Å². The van der Waals surface area contributed by atoms with Crippen molar-refractivity contribution in [2.24, 2.45) is 5.92 Å². The van der Waals surface area contributed by atoms with Crippen LogP contribution in [-0.4, -0.2) is 65.4 Å². The Balaban J connectivity index is 3.20. The first-order chi connectivity index (χ1) is 17.0. The molecule has 0 spiro atoms. The van der Waals surface area contributed by atoms with E-state index in [1.54, 1.807) is 20.8 Å². The van der Waals surface area contributed by atoms with E-state index in [4.69, 9.17) is 9.47 Å². The summed E-state index contributed by atoms with van der Waals surface area (Å²) in [5.74, 6) is -1.74. The van der Waals surface area contributed by atoms with Crippen molar-refractivity contribution in [3.63, 3.8) is 0 Å². The lowest BCUT2D eigenvalue weighted by Crippen LogP contribution is -2.57. The van der Waals surface area contributed by atoms with Crippen LogP contribution < -0.4 is 16.0 Å². The van der Waals surface area contributed by atoms with E-state index in [1.807, 2.05) is 44.2 Å². The van der Waals surface area contributed by atoms with Gasteiger partial charge in [0, 0.05) is 12.8 Å². The number of nitrogens with one attached hydrogen (secondary N) is 3. The van der Waals surface area contributed by atoms with Gasteiger partial charge in [0.15, 0.2) is 0 Å². The molecule has 0 unspecified atom stereocenters. The van der Waals surface area contributed by atoms with Crippen LogP contribution in [0.4, 0.5) is 4.79 Å². The third kappa shape index (κ3) is 13.1. The highest BCUT2D eigenvalue weighted by atomic mass is 16.6. The molecule has 37 heavy (non-hydrogen) atoms. The van der Waals surface area contributed by atoms with Gasteiger partial charge >= 0.3 is 12.1 Å². The topological polar surface area (TPSA) is 143 Å². The van der Waals surface area contributed by atoms with Gasteiger partial charge in [0.05, 0.1) is 12.7 Å². The van der Waals surface area contributed by atoms with Crippen LogP contribution in [0.25, 0.3) is 0 Å². The Morgan fingerprint density at radius 3 is 1.89 bits per heavy atom. The Labute approximate surface area is 219 Å². The van der Waals surface area contributed by atoms with E-state index in [-0.39, 0.29) is 18.8 Å². The van der Waals surface area contributed by atoms with Gasteiger partial charge in [-0.15, -0.1) is 0 Å². The third-order valence-electron chi connectivity index (χ3n) is 5.14. The fourth-order valence-corrected chi connectivity index (χ4v) is 3.59. The van der Waals surface area contributed by atoms with Gasteiger partial charge in [0.2, 0.25) is 11.8 Å². The standard InChI is InChI=1S/C27H43N3O7/c1-17(2)14-20(24(33)36-8)29-22(31)19(15-18-12-10-9-11-13-18)28-23(32)21(16-27(6,7)35)30-25(34)37-26(3,4)5/h9-13,17,19-21,35H,14-16H2,1-8H3,(H,28,32)(H,29,31)(H,30,34)/t19-,20-,21-/m0/s1. The molecule has 4 N–H and O–H groups in total. The van der Waals surface area contributed by atoms with Crippen molar-refractivity contribution in [3.8, 4) is 0 Å². The molecule has 10 heteroatoms. The number of benzene rings is 1. The van der Waals surface area contributed by atoms with Gasteiger partial charge in [-0.3, -0.25) is 9.59 Å². The van der Waals surface area contributed by atoms with Crippen molar-refractivity contribution in [2.75, 3.05) is 7.11 Å². The van der Waals surface area contributed by atoms with Crippen molar-refractivity contribution in [1.29, 1.82) is 0 Å². The highest BCUT2D eigenvalue weighted by Crippen LogP contribution is 2.14. The van der Waals surface area contributed by atoms with Crippen LogP contribution in [0.5, 0.6) is 0 Å². The Morgan fingerprint density at radius 2 is 1.41 bits per heavy atom. The van der Waals surface area contributed by atoms with Crippen LogP contribution in [0.3, 0.4) is 0 Å². The van der Waals surface area contributed by atoms with E-state index in [1.165, 1.54) is 21.0 Å². The molecule has 3 amide bonds. The molecule has 1 rings (SSSR count). The number of amides is 3. The number of aliphatic hydroxyl groups is 1. The molecule has 0 aliphatic heterocycles. The van der Waals surface area contributed by atoms with Gasteiger partial charge in [-0.2, -0.15) is 0 Å². The average Bonchev–Trinajstić information content (AvgIpc) is 2.75. The maximum atomic E-state index is 13.3. The Bertz CT molecular complexity index is 905. The number of hydrogen-bond acceptors (Lipinski definition) is 7. The maximum absolute atomic E-state index is 13.3. The van der Waals surface area contributed by atoms with E-state index in [0.29, 0.717) is 6.42 Å². The van der Waals surface area contributed by atoms with Gasteiger partial charge in [-0.25, -0.2) is 9.59 Å². The lowest BCUT2D eigenvalue weighted by molar-refractivity contribution is -0.145. The third-order valence-corrected chi connectivity index (χ3v) is 5.14. The molecule has 1 aromatic rings. The fraction of sp³-hybridized carbons (Fsp3) is 0.630. The van der Waals surface area contributed by atoms with Gasteiger partial charge in [0.1, 0.15) is 23.7 Å². The second kappa shape index (κ2) is 14.0. The van der Waals surface area contributed by atoms with E-state index in [0.717, 1.165) is 5.56 Å². The predicted octanol–water partition coefficient (Wildman–Crippen LogP) is 2.47. The molecule has 208 valence electrons. The van der Waals surface area contributed by atoms with Crippen molar-refractivity contribution >= 4 is 23.9 Å². The van der Waals surface area contributed by atoms with E-state index in [9.17, 15) is 24.3 Å². The Kier molecular flexibility index (Phi) is 12.0. The minimum Gasteiger partial charge on any atom is -0.467 e. The zero-order chi connectivity index (χ0) is 28.4. The highest BCUT2D eigenvalue weighted by Gasteiger charge is 2.33. The second-order valence-corrected chi connectivity index (χ2v) is 11.2. The van der Waals surface area contributed by atoms with Crippen LogP contribution in [0.2, 0.25) is 0 Å². The SMILES string of the molecule is COC(=O)[C@H](CC(C)C)NC(=O)[C@H](Cc1ccccc1)NC(=O)[C@H](CC(C)(C)O)NC(=O)OC(C)(C)C. The monoisotopic (exact) mass is 521 g/mol. The number of rotatable bonds is 12. The molecule has 0 aliphatic carbocycles. The van der Waals surface area contributed by atoms with Crippen LogP contribution >= 0.6 is 0 Å². The zero-order valence-corrected chi connectivity index (χ0v) is 23.2. The Hall–Kier alpha value is -3.14. The predicted molar refractivity (Wildman–Crippen MR) is 140 cm³/mol. The number of esters is 1. The summed E-state index contributed by atoms with van der Waals surface area (Å²) in [7, 11) is 1.24. The molecular weight excluding hydrogens is 478 g/mol. The first-order valence-electron chi connectivity index (χ1n) is 12.4. The van der Waals surface area contributed by atoms with Crippen molar-refractivity contribution in [1.82, 2.24) is 16.0 Å². The molecule has 3 atom stereocenters. The van der Waals surface area contributed by atoms with Crippen molar-refractivity contribution in [2.45, 2.75) is 97.1 Å². The van der Waals surface area contributed by atoms with Crippen LogP contribution in [0.1, 0.15) is 66.9 Å². The molecular formula is C27H43N3O7. The lowest BCUT2D eigenvalue weighted by Gasteiger charge is -2.29. The number of methoxy groups -OCH3 is 1. The molecule has 0 heterocycles. The molecule has 10 nitrogen and oxygen atoms in total. The molecule has 0 radical (unpaired) electrons. The lowest BCUT2D eigenvalue weighted by atomic mass is 9.97. The number of alkyl carbamates (subject to hydrolysis) is 1. The van der Waals surface area contributed by atoms with E-state index < -0.39 is 53.2 Å². The number of carbonyl (C=O) groups excluding carboxylic acids is 4. The fourth-order valence-electron chi connectivity index (χ4n) is 3.59. The summed E-state index contributed by atoms with van der Waals surface area (Å²) in [4.78, 5) is 51.3. The molecule has 0 fully saturated rings. The summed E-state index contributed by atoms with van der Waals surface area (Å²) < 4.78 is 10.1. The molecule has 0 aliphatic rings. The highest BCUT2D eigenvalue weighted by molar-refractivity contribution is 5.93. The maximum Gasteiger partial charge on any atom is 0.408 e. The summed E-state index contributed by atoms with van der Waals surface area (Å²) in [6.07, 6.45) is -0.471. The quantitative estimate of drug-likeness (QED) is 0.309. The van der Waals surface area contributed by atoms with Gasteiger partial charge in [-0.1, -0.05) is 44.2 Å². The van der Waals surface area contributed by atoms with E-state index >= 15 is 0 Å². The summed E-state index contributed by atoms with van der Waals surface area (Å²) >= 11 is 0. The molecule has 0 saturated heterocycles. The zero-order valence-electron chi connectivity index (χ0n) is 23.2. The summed E-state index contributed by atoms with van der Waals surface area (Å²) in [5, 5.41) is 18.2. The van der Waals surface area contributed by atoms with Crippen LogP contribution in [-0.2, 0) is 30.3 Å². The number of ether oxygens (including phenoxy) is 2. The number of hydrogen-bond donors (Lipinski definition) is 4. The largest absolute Gasteiger partial charge is 0.467 e. The number of carbonyl (C=O) groups is 4. The van der Waals surface area contributed by atoms with Gasteiger partial charge in [0.25, 0.3) is 0 Å². The van der Waals surface area contributed by atoms with Crippen molar-refractivity contribution in [3.05, 3.63) is 35.9 Å². The van der Waals surface area contributed by atoms with E-state index in [2.05, 4.69) is 16.0 Å².